The highest BCUT2D eigenvalue weighted by Crippen LogP contribution is 2.28. The van der Waals surface area contributed by atoms with Gasteiger partial charge in [-0.2, -0.15) is 0 Å². The van der Waals surface area contributed by atoms with Gasteiger partial charge in [0, 0.05) is 17.8 Å². The number of nitrogens with one attached hydrogen (secondary N) is 2. The predicted octanol–water partition coefficient (Wildman–Crippen LogP) is 5.03. The Labute approximate surface area is 201 Å². The summed E-state index contributed by atoms with van der Waals surface area (Å²) in [6.07, 6.45) is 0.586. The number of hydrogen-bond donors (Lipinski definition) is 2. The molecule has 0 saturated carbocycles. The quantitative estimate of drug-likeness (QED) is 0.359. The second-order valence-electron chi connectivity index (χ2n) is 7.55. The molecule has 174 valence electrons. The van der Waals surface area contributed by atoms with Crippen LogP contribution in [0.4, 0.5) is 10.1 Å². The number of sulfonamides is 1. The summed E-state index contributed by atoms with van der Waals surface area (Å²) in [6, 6.07) is 21.5. The average Bonchev–Trinajstić information content (AvgIpc) is 3.22. The summed E-state index contributed by atoms with van der Waals surface area (Å²) >= 11 is 1.21. The van der Waals surface area contributed by atoms with Crippen LogP contribution in [0, 0.1) is 12.7 Å². The summed E-state index contributed by atoms with van der Waals surface area (Å²) in [5.74, 6) is -0.688. The molecule has 0 fully saturated rings. The molecule has 0 unspecified atom stereocenters. The molecule has 4 aromatic rings. The minimum Gasteiger partial charge on any atom is -0.321 e. The number of benzene rings is 3. The fourth-order valence-corrected chi connectivity index (χ4v) is 5.28. The van der Waals surface area contributed by atoms with Crippen LogP contribution >= 0.6 is 11.3 Å². The van der Waals surface area contributed by atoms with Crippen molar-refractivity contribution < 1.29 is 17.6 Å². The fourth-order valence-electron chi connectivity index (χ4n) is 3.29. The lowest BCUT2D eigenvalue weighted by Gasteiger charge is -2.09. The van der Waals surface area contributed by atoms with Crippen molar-refractivity contribution in [3.8, 4) is 10.6 Å². The third-order valence-corrected chi connectivity index (χ3v) is 7.75. The number of amides is 1. The molecule has 0 spiro atoms. The largest absolute Gasteiger partial charge is 0.321 e. The summed E-state index contributed by atoms with van der Waals surface area (Å²) in [5.41, 5.74) is 2.79. The first-order valence-corrected chi connectivity index (χ1v) is 12.8. The van der Waals surface area contributed by atoms with Crippen LogP contribution in [-0.2, 0) is 16.4 Å². The van der Waals surface area contributed by atoms with Gasteiger partial charge in [-0.1, -0.05) is 30.3 Å². The molecule has 1 heterocycles. The van der Waals surface area contributed by atoms with Gasteiger partial charge in [-0.3, -0.25) is 4.79 Å². The van der Waals surface area contributed by atoms with E-state index in [4.69, 9.17) is 0 Å². The molecule has 0 bridgehead atoms. The van der Waals surface area contributed by atoms with Crippen LogP contribution in [0.5, 0.6) is 0 Å². The Bertz CT molecular complexity index is 1390. The number of nitrogens with zero attached hydrogens (tertiary/aromatic N) is 1. The molecule has 1 amide bonds. The van der Waals surface area contributed by atoms with Crippen molar-refractivity contribution in [1.29, 1.82) is 0 Å². The number of anilines is 1. The van der Waals surface area contributed by atoms with Crippen molar-refractivity contribution in [3.05, 3.63) is 101 Å². The molecule has 0 aliphatic rings. The molecular formula is C25H22FN3O3S2. The standard InChI is InChI=1S/C25H22FN3O3S2/c1-17-23(33-25(28-17)19-7-9-20(26)10-8-19)24(30)29-21-11-13-22(14-12-21)34(31,32)27-16-15-18-5-3-2-4-6-18/h2-14,27H,15-16H2,1H3,(H,29,30). The molecule has 0 saturated heterocycles. The number of rotatable bonds is 8. The Hall–Kier alpha value is -3.40. The van der Waals surface area contributed by atoms with Crippen molar-refractivity contribution in [3.63, 3.8) is 0 Å². The van der Waals surface area contributed by atoms with Crippen molar-refractivity contribution in [2.75, 3.05) is 11.9 Å². The fraction of sp³-hybridized carbons (Fsp3) is 0.120. The third-order valence-electron chi connectivity index (χ3n) is 5.07. The van der Waals surface area contributed by atoms with E-state index in [9.17, 15) is 17.6 Å². The maximum Gasteiger partial charge on any atom is 0.267 e. The lowest BCUT2D eigenvalue weighted by molar-refractivity contribution is 0.103. The van der Waals surface area contributed by atoms with Gasteiger partial charge in [0.2, 0.25) is 10.0 Å². The Morgan fingerprint density at radius 1 is 0.971 bits per heavy atom. The second kappa shape index (κ2) is 10.3. The summed E-state index contributed by atoms with van der Waals surface area (Å²) in [7, 11) is -3.66. The van der Waals surface area contributed by atoms with Crippen LogP contribution < -0.4 is 10.0 Å². The van der Waals surface area contributed by atoms with Gasteiger partial charge in [0.05, 0.1) is 10.6 Å². The van der Waals surface area contributed by atoms with Crippen molar-refractivity contribution >= 4 is 33.0 Å². The number of carbonyl (C=O) groups excluding carboxylic acids is 1. The van der Waals surface area contributed by atoms with E-state index in [1.807, 2.05) is 30.3 Å². The van der Waals surface area contributed by atoms with E-state index in [1.165, 1.54) is 35.6 Å². The van der Waals surface area contributed by atoms with Crippen molar-refractivity contribution in [2.24, 2.45) is 0 Å². The van der Waals surface area contributed by atoms with E-state index in [1.54, 1.807) is 31.2 Å². The zero-order chi connectivity index (χ0) is 24.1. The SMILES string of the molecule is Cc1nc(-c2ccc(F)cc2)sc1C(=O)Nc1ccc(S(=O)(=O)NCCc2ccccc2)cc1. The molecule has 0 atom stereocenters. The van der Waals surface area contributed by atoms with E-state index < -0.39 is 10.0 Å². The number of hydrogen-bond acceptors (Lipinski definition) is 5. The molecule has 0 radical (unpaired) electrons. The zero-order valence-corrected chi connectivity index (χ0v) is 19.9. The predicted molar refractivity (Wildman–Crippen MR) is 132 cm³/mol. The van der Waals surface area contributed by atoms with Crippen LogP contribution in [0.2, 0.25) is 0 Å². The van der Waals surface area contributed by atoms with E-state index in [0.29, 0.717) is 27.7 Å². The number of aryl methyl sites for hydroxylation is 1. The van der Waals surface area contributed by atoms with Crippen LogP contribution in [-0.4, -0.2) is 25.9 Å². The Morgan fingerprint density at radius 3 is 2.32 bits per heavy atom. The van der Waals surface area contributed by atoms with Gasteiger partial charge in [0.15, 0.2) is 0 Å². The minimum atomic E-state index is -3.66. The number of carbonyl (C=O) groups is 1. The molecule has 6 nitrogen and oxygen atoms in total. The van der Waals surface area contributed by atoms with E-state index in [0.717, 1.165) is 11.1 Å². The van der Waals surface area contributed by atoms with E-state index >= 15 is 0 Å². The summed E-state index contributed by atoms with van der Waals surface area (Å²) in [5, 5.41) is 3.39. The van der Waals surface area contributed by atoms with Gasteiger partial charge in [-0.15, -0.1) is 11.3 Å². The lowest BCUT2D eigenvalue weighted by atomic mass is 10.2. The first-order chi connectivity index (χ1) is 16.3. The number of thiazole rings is 1. The van der Waals surface area contributed by atoms with Crippen molar-refractivity contribution in [1.82, 2.24) is 9.71 Å². The summed E-state index contributed by atoms with van der Waals surface area (Å²) < 4.78 is 40.9. The van der Waals surface area contributed by atoms with Crippen LogP contribution in [0.15, 0.2) is 83.8 Å². The zero-order valence-electron chi connectivity index (χ0n) is 18.3. The minimum absolute atomic E-state index is 0.117. The van der Waals surface area contributed by atoms with Crippen LogP contribution in [0.1, 0.15) is 20.9 Å². The summed E-state index contributed by atoms with van der Waals surface area (Å²) in [6.45, 7) is 2.01. The first kappa shape index (κ1) is 23.7. The monoisotopic (exact) mass is 495 g/mol. The topological polar surface area (TPSA) is 88.2 Å². The van der Waals surface area contributed by atoms with Crippen LogP contribution in [0.25, 0.3) is 10.6 Å². The van der Waals surface area contributed by atoms with Gasteiger partial charge in [0.1, 0.15) is 15.7 Å². The van der Waals surface area contributed by atoms with Gasteiger partial charge in [0.25, 0.3) is 5.91 Å². The maximum atomic E-state index is 13.2. The average molecular weight is 496 g/mol. The molecular weight excluding hydrogens is 473 g/mol. The highest BCUT2D eigenvalue weighted by Gasteiger charge is 2.18. The molecule has 1 aromatic heterocycles. The highest BCUT2D eigenvalue weighted by atomic mass is 32.2. The van der Waals surface area contributed by atoms with Gasteiger partial charge in [-0.05, 0) is 67.4 Å². The molecule has 4 rings (SSSR count). The van der Waals surface area contributed by atoms with Gasteiger partial charge in [-0.25, -0.2) is 22.5 Å². The molecule has 2 N–H and O–H groups in total. The van der Waals surface area contributed by atoms with Gasteiger partial charge >= 0.3 is 0 Å². The Morgan fingerprint density at radius 2 is 1.65 bits per heavy atom. The van der Waals surface area contributed by atoms with Crippen LogP contribution in [0.3, 0.4) is 0 Å². The Balaban J connectivity index is 1.39. The summed E-state index contributed by atoms with van der Waals surface area (Å²) in [4.78, 5) is 17.7. The first-order valence-electron chi connectivity index (χ1n) is 10.5. The Kier molecular flexibility index (Phi) is 7.16. The molecule has 9 heteroatoms. The van der Waals surface area contributed by atoms with Gasteiger partial charge < -0.3 is 5.32 Å². The third kappa shape index (κ3) is 5.74. The number of halogens is 1. The molecule has 3 aromatic carbocycles. The smallest absolute Gasteiger partial charge is 0.267 e. The maximum absolute atomic E-state index is 13.2. The molecule has 0 aliphatic heterocycles. The van der Waals surface area contributed by atoms with E-state index in [2.05, 4.69) is 15.0 Å². The number of aromatic nitrogens is 1. The van der Waals surface area contributed by atoms with E-state index in [-0.39, 0.29) is 23.2 Å². The molecule has 0 aliphatic carbocycles. The highest BCUT2D eigenvalue weighted by molar-refractivity contribution is 7.89. The molecule has 34 heavy (non-hydrogen) atoms. The van der Waals surface area contributed by atoms with Crippen molar-refractivity contribution in [2.45, 2.75) is 18.2 Å². The lowest BCUT2D eigenvalue weighted by Crippen LogP contribution is -2.26. The second-order valence-corrected chi connectivity index (χ2v) is 10.3. The normalized spacial score (nSPS) is 11.4.